The summed E-state index contributed by atoms with van der Waals surface area (Å²) in [6, 6.07) is 13.9. The summed E-state index contributed by atoms with van der Waals surface area (Å²) in [5.74, 6) is -4.32. The van der Waals surface area contributed by atoms with Gasteiger partial charge in [0.1, 0.15) is 0 Å². The maximum absolute atomic E-state index is 12.1. The van der Waals surface area contributed by atoms with Crippen molar-refractivity contribution in [2.75, 3.05) is 13.1 Å². The van der Waals surface area contributed by atoms with Gasteiger partial charge in [-0.15, -0.1) is 0 Å². The third kappa shape index (κ3) is 10.7. The maximum Gasteiger partial charge on any atom is 0.345 e. The standard InChI is InChI=1S/C26H30N4O8/c27-19(11-13-21(31)37-25(35)17-7-3-1-4-8-17)23(33)29-15-16-30-24(34)20(28)12-14-22(32)38-26(36)18-9-5-2-6-10-18/h1-10,19-20H,11-16,27-28H2,(H,29,33)(H,30,34). The lowest BCUT2D eigenvalue weighted by Crippen LogP contribution is -2.46. The summed E-state index contributed by atoms with van der Waals surface area (Å²) in [5, 5.41) is 5.01. The molecular formula is C26H30N4O8. The fourth-order valence-electron chi connectivity index (χ4n) is 3.02. The molecule has 0 aliphatic carbocycles. The lowest BCUT2D eigenvalue weighted by molar-refractivity contribution is -0.139. The minimum absolute atomic E-state index is 0.0373. The molecular weight excluding hydrogens is 496 g/mol. The fourth-order valence-corrected chi connectivity index (χ4v) is 3.02. The Bertz CT molecular complexity index is 1040. The first-order chi connectivity index (χ1) is 18.2. The van der Waals surface area contributed by atoms with E-state index in [0.29, 0.717) is 0 Å². The average Bonchev–Trinajstić information content (AvgIpc) is 2.93. The first-order valence-corrected chi connectivity index (χ1v) is 11.8. The summed E-state index contributed by atoms with van der Waals surface area (Å²) in [6.45, 7) is 0.0745. The molecule has 12 nitrogen and oxygen atoms in total. The van der Waals surface area contributed by atoms with Crippen molar-refractivity contribution >= 4 is 35.7 Å². The highest BCUT2D eigenvalue weighted by Gasteiger charge is 2.20. The lowest BCUT2D eigenvalue weighted by Gasteiger charge is -2.14. The van der Waals surface area contributed by atoms with Gasteiger partial charge in [0, 0.05) is 25.9 Å². The molecule has 2 unspecified atom stereocenters. The highest BCUT2D eigenvalue weighted by atomic mass is 16.6. The van der Waals surface area contributed by atoms with E-state index in [4.69, 9.17) is 20.9 Å². The van der Waals surface area contributed by atoms with Crippen molar-refractivity contribution in [2.24, 2.45) is 11.5 Å². The van der Waals surface area contributed by atoms with Crippen molar-refractivity contribution in [1.82, 2.24) is 10.6 Å². The molecule has 0 aliphatic heterocycles. The number of rotatable bonds is 13. The van der Waals surface area contributed by atoms with Crippen LogP contribution in [0.1, 0.15) is 46.4 Å². The van der Waals surface area contributed by atoms with Crippen LogP contribution in [0.25, 0.3) is 0 Å². The van der Waals surface area contributed by atoms with Crippen LogP contribution in [0.5, 0.6) is 0 Å². The van der Waals surface area contributed by atoms with Gasteiger partial charge in [-0.1, -0.05) is 36.4 Å². The molecule has 2 amide bonds. The van der Waals surface area contributed by atoms with Crippen LogP contribution < -0.4 is 22.1 Å². The van der Waals surface area contributed by atoms with E-state index in [1.54, 1.807) is 36.4 Å². The van der Waals surface area contributed by atoms with Crippen LogP contribution in [0.4, 0.5) is 0 Å². The second kappa shape index (κ2) is 15.6. The van der Waals surface area contributed by atoms with Gasteiger partial charge in [-0.3, -0.25) is 19.2 Å². The summed E-state index contributed by atoms with van der Waals surface area (Å²) in [6.07, 6.45) is -0.573. The molecule has 0 fully saturated rings. The third-order valence-electron chi connectivity index (χ3n) is 5.15. The van der Waals surface area contributed by atoms with Gasteiger partial charge in [0.15, 0.2) is 0 Å². The molecule has 2 rings (SSSR count). The average molecular weight is 527 g/mol. The molecule has 0 spiro atoms. The number of carbonyl (C=O) groups is 6. The molecule has 6 N–H and O–H groups in total. The Morgan fingerprint density at radius 1 is 0.605 bits per heavy atom. The molecule has 2 atom stereocenters. The van der Waals surface area contributed by atoms with Gasteiger partial charge in [0.2, 0.25) is 11.8 Å². The monoisotopic (exact) mass is 526 g/mol. The fraction of sp³-hybridized carbons (Fsp3) is 0.308. The van der Waals surface area contributed by atoms with Crippen LogP contribution in [0, 0.1) is 0 Å². The normalized spacial score (nSPS) is 11.9. The number of benzene rings is 2. The van der Waals surface area contributed by atoms with Crippen molar-refractivity contribution < 1.29 is 38.2 Å². The van der Waals surface area contributed by atoms with Crippen molar-refractivity contribution in [1.29, 1.82) is 0 Å². The van der Waals surface area contributed by atoms with Crippen molar-refractivity contribution in [3.05, 3.63) is 71.8 Å². The first-order valence-electron chi connectivity index (χ1n) is 11.8. The Hall–Kier alpha value is -4.42. The Kier molecular flexibility index (Phi) is 12.3. The van der Waals surface area contributed by atoms with E-state index < -0.39 is 47.8 Å². The summed E-state index contributed by atoms with van der Waals surface area (Å²) < 4.78 is 9.43. The summed E-state index contributed by atoms with van der Waals surface area (Å²) >= 11 is 0. The summed E-state index contributed by atoms with van der Waals surface area (Å²) in [4.78, 5) is 71.5. The smallest absolute Gasteiger partial charge is 0.345 e. The molecule has 0 aliphatic rings. The van der Waals surface area contributed by atoms with E-state index in [1.807, 2.05) is 0 Å². The molecule has 2 aromatic carbocycles. The van der Waals surface area contributed by atoms with E-state index in [-0.39, 0.29) is 49.9 Å². The molecule has 2 aromatic rings. The quantitative estimate of drug-likeness (QED) is 0.159. The largest absolute Gasteiger partial charge is 0.389 e. The molecule has 0 saturated carbocycles. The van der Waals surface area contributed by atoms with Gasteiger partial charge < -0.3 is 31.6 Å². The molecule has 0 heterocycles. The molecule has 0 aromatic heterocycles. The lowest BCUT2D eigenvalue weighted by atomic mass is 10.1. The van der Waals surface area contributed by atoms with E-state index in [1.165, 1.54) is 24.3 Å². The molecule has 0 saturated heterocycles. The highest BCUT2D eigenvalue weighted by Crippen LogP contribution is 2.05. The number of carbonyl (C=O) groups excluding carboxylic acids is 6. The van der Waals surface area contributed by atoms with Gasteiger partial charge in [-0.05, 0) is 37.1 Å². The predicted molar refractivity (Wildman–Crippen MR) is 134 cm³/mol. The Morgan fingerprint density at radius 3 is 1.29 bits per heavy atom. The highest BCUT2D eigenvalue weighted by molar-refractivity contribution is 5.97. The third-order valence-corrected chi connectivity index (χ3v) is 5.15. The molecule has 0 bridgehead atoms. The van der Waals surface area contributed by atoms with Crippen LogP contribution in [0.3, 0.4) is 0 Å². The minimum atomic E-state index is -1.03. The number of esters is 4. The van der Waals surface area contributed by atoms with Gasteiger partial charge in [-0.25, -0.2) is 9.59 Å². The Morgan fingerprint density at radius 2 is 0.947 bits per heavy atom. The number of nitrogens with two attached hydrogens (primary N) is 2. The summed E-state index contributed by atoms with van der Waals surface area (Å²) in [5.41, 5.74) is 12.0. The van der Waals surface area contributed by atoms with E-state index >= 15 is 0 Å². The number of amides is 2. The number of ether oxygens (including phenoxy) is 2. The topological polar surface area (TPSA) is 197 Å². The zero-order valence-corrected chi connectivity index (χ0v) is 20.6. The Labute approximate surface area is 219 Å². The zero-order valence-electron chi connectivity index (χ0n) is 20.6. The number of hydrogen-bond donors (Lipinski definition) is 4. The van der Waals surface area contributed by atoms with Crippen LogP contribution in [0.15, 0.2) is 60.7 Å². The van der Waals surface area contributed by atoms with E-state index in [9.17, 15) is 28.8 Å². The maximum atomic E-state index is 12.1. The van der Waals surface area contributed by atoms with Crippen molar-refractivity contribution in [2.45, 2.75) is 37.8 Å². The van der Waals surface area contributed by atoms with Gasteiger partial charge in [-0.2, -0.15) is 0 Å². The van der Waals surface area contributed by atoms with E-state index in [2.05, 4.69) is 10.6 Å². The SMILES string of the molecule is NC(CCC(=O)OC(=O)c1ccccc1)C(=O)NCCNC(=O)C(N)CCC(=O)OC(=O)c1ccccc1. The van der Waals surface area contributed by atoms with Gasteiger partial charge in [0.05, 0.1) is 23.2 Å². The molecule has 0 radical (unpaired) electrons. The minimum Gasteiger partial charge on any atom is -0.389 e. The van der Waals surface area contributed by atoms with Crippen LogP contribution in [0.2, 0.25) is 0 Å². The van der Waals surface area contributed by atoms with Crippen LogP contribution >= 0.6 is 0 Å². The van der Waals surface area contributed by atoms with Crippen LogP contribution in [-0.2, 0) is 28.7 Å². The first kappa shape index (κ1) is 29.8. The van der Waals surface area contributed by atoms with Gasteiger partial charge >= 0.3 is 23.9 Å². The number of nitrogens with one attached hydrogen (secondary N) is 2. The molecule has 12 heteroatoms. The van der Waals surface area contributed by atoms with Gasteiger partial charge in [0.25, 0.3) is 0 Å². The summed E-state index contributed by atoms with van der Waals surface area (Å²) in [7, 11) is 0. The van der Waals surface area contributed by atoms with Crippen LogP contribution in [-0.4, -0.2) is 60.9 Å². The van der Waals surface area contributed by atoms with Crippen molar-refractivity contribution in [3.8, 4) is 0 Å². The predicted octanol–water partition coefficient (Wildman–Crippen LogP) is 0.201. The van der Waals surface area contributed by atoms with Crippen molar-refractivity contribution in [3.63, 3.8) is 0 Å². The second-order valence-electron chi connectivity index (χ2n) is 8.13. The van der Waals surface area contributed by atoms with E-state index in [0.717, 1.165) is 0 Å². The Balaban J connectivity index is 1.58. The molecule has 202 valence electrons. The second-order valence-corrected chi connectivity index (χ2v) is 8.13. The number of hydrogen-bond acceptors (Lipinski definition) is 10. The molecule has 38 heavy (non-hydrogen) atoms. The zero-order chi connectivity index (χ0) is 27.9.